The fourth-order valence-corrected chi connectivity index (χ4v) is 3.74. The van der Waals surface area contributed by atoms with Gasteiger partial charge in [-0.1, -0.05) is 12.1 Å². The number of thiophene rings is 2. The first-order valence-electron chi connectivity index (χ1n) is 6.28. The van der Waals surface area contributed by atoms with Crippen molar-refractivity contribution in [2.75, 3.05) is 6.61 Å². The lowest BCUT2D eigenvalue weighted by molar-refractivity contribution is 0.280. The Bertz CT molecular complexity index is 571. The summed E-state index contributed by atoms with van der Waals surface area (Å²) >= 11 is 3.51. The minimum absolute atomic E-state index is 0.228. The molecule has 0 spiro atoms. The molecule has 3 aromatic heterocycles. The fraction of sp³-hybridized carbons (Fsp3) is 0.200. The number of aliphatic hydroxyl groups excluding tert-OH is 1. The van der Waals surface area contributed by atoms with E-state index in [1.54, 1.807) is 22.7 Å². The quantitative estimate of drug-likeness (QED) is 0.743. The zero-order chi connectivity index (χ0) is 13.1. The molecule has 0 atom stereocenters. The Hall–Kier alpha value is -1.36. The van der Waals surface area contributed by atoms with Gasteiger partial charge in [-0.25, -0.2) is 0 Å². The number of hydrogen-bond donors (Lipinski definition) is 1. The van der Waals surface area contributed by atoms with E-state index in [1.807, 2.05) is 0 Å². The standard InChI is InChI=1S/C15H15NOS2/c17-9-3-8-16-12(14-4-1-10-18-14)6-7-13(16)15-5-2-11-19-15/h1-2,4-7,10-11,17H,3,8-9H2. The highest BCUT2D eigenvalue weighted by atomic mass is 32.1. The molecule has 0 aliphatic carbocycles. The summed E-state index contributed by atoms with van der Waals surface area (Å²) in [7, 11) is 0. The van der Waals surface area contributed by atoms with Gasteiger partial charge in [-0.3, -0.25) is 0 Å². The van der Waals surface area contributed by atoms with Crippen molar-refractivity contribution < 1.29 is 5.11 Å². The Kier molecular flexibility index (Phi) is 3.82. The van der Waals surface area contributed by atoms with Crippen LogP contribution in [0.15, 0.2) is 47.2 Å². The largest absolute Gasteiger partial charge is 0.396 e. The molecule has 0 saturated carbocycles. The van der Waals surface area contributed by atoms with Gasteiger partial charge in [0.15, 0.2) is 0 Å². The molecule has 3 heterocycles. The van der Waals surface area contributed by atoms with E-state index < -0.39 is 0 Å². The van der Waals surface area contributed by atoms with Gasteiger partial charge in [-0.2, -0.15) is 0 Å². The molecule has 19 heavy (non-hydrogen) atoms. The zero-order valence-corrected chi connectivity index (χ0v) is 12.1. The molecule has 0 aliphatic heterocycles. The molecule has 0 bridgehead atoms. The molecule has 4 heteroatoms. The number of rotatable bonds is 5. The maximum absolute atomic E-state index is 9.10. The SMILES string of the molecule is OCCCn1c(-c2cccs2)ccc1-c1cccs1. The van der Waals surface area contributed by atoms with Crippen LogP contribution in [0.4, 0.5) is 0 Å². The van der Waals surface area contributed by atoms with Crippen LogP contribution in [0.25, 0.3) is 21.1 Å². The molecule has 0 amide bonds. The maximum Gasteiger partial charge on any atom is 0.0586 e. The highest BCUT2D eigenvalue weighted by Gasteiger charge is 2.12. The van der Waals surface area contributed by atoms with E-state index in [-0.39, 0.29) is 6.61 Å². The molecule has 0 radical (unpaired) electrons. The van der Waals surface area contributed by atoms with Crippen molar-refractivity contribution >= 4 is 22.7 Å². The van der Waals surface area contributed by atoms with Crippen LogP contribution in [0.3, 0.4) is 0 Å². The van der Waals surface area contributed by atoms with Gasteiger partial charge in [-0.05, 0) is 41.4 Å². The van der Waals surface area contributed by atoms with E-state index in [4.69, 9.17) is 5.11 Å². The van der Waals surface area contributed by atoms with Crippen LogP contribution in [-0.4, -0.2) is 16.3 Å². The van der Waals surface area contributed by atoms with Crippen molar-refractivity contribution in [2.45, 2.75) is 13.0 Å². The van der Waals surface area contributed by atoms with Crippen molar-refractivity contribution in [3.63, 3.8) is 0 Å². The summed E-state index contributed by atoms with van der Waals surface area (Å²) in [6.07, 6.45) is 0.783. The summed E-state index contributed by atoms with van der Waals surface area (Å²) in [6.45, 7) is 1.08. The van der Waals surface area contributed by atoms with E-state index in [2.05, 4.69) is 51.7 Å². The van der Waals surface area contributed by atoms with Crippen LogP contribution >= 0.6 is 22.7 Å². The average molecular weight is 289 g/mol. The Morgan fingerprint density at radius 1 is 0.895 bits per heavy atom. The molecule has 0 aromatic carbocycles. The Balaban J connectivity index is 2.05. The van der Waals surface area contributed by atoms with Crippen molar-refractivity contribution in [3.8, 4) is 21.1 Å². The first-order chi connectivity index (χ1) is 9.40. The summed E-state index contributed by atoms with van der Waals surface area (Å²) in [5.41, 5.74) is 2.48. The number of hydrogen-bond acceptors (Lipinski definition) is 3. The summed E-state index contributed by atoms with van der Waals surface area (Å²) in [5, 5.41) is 13.3. The monoisotopic (exact) mass is 289 g/mol. The van der Waals surface area contributed by atoms with Gasteiger partial charge in [0.1, 0.15) is 0 Å². The van der Waals surface area contributed by atoms with E-state index in [0.717, 1.165) is 13.0 Å². The second-order valence-electron chi connectivity index (χ2n) is 4.29. The van der Waals surface area contributed by atoms with Crippen molar-refractivity contribution in [2.24, 2.45) is 0 Å². The fourth-order valence-electron chi connectivity index (χ4n) is 2.22. The molecule has 3 aromatic rings. The van der Waals surface area contributed by atoms with Crippen LogP contribution in [0.2, 0.25) is 0 Å². The van der Waals surface area contributed by atoms with Gasteiger partial charge >= 0.3 is 0 Å². The molecule has 0 unspecified atom stereocenters. The van der Waals surface area contributed by atoms with Crippen LogP contribution < -0.4 is 0 Å². The number of aliphatic hydroxyl groups is 1. The molecule has 0 fully saturated rings. The third kappa shape index (κ3) is 2.52. The molecule has 2 nitrogen and oxygen atoms in total. The lowest BCUT2D eigenvalue weighted by atomic mass is 10.3. The average Bonchev–Trinajstić information content (AvgIpc) is 3.15. The van der Waals surface area contributed by atoms with E-state index in [1.165, 1.54) is 21.1 Å². The highest BCUT2D eigenvalue weighted by molar-refractivity contribution is 7.14. The van der Waals surface area contributed by atoms with Gasteiger partial charge in [0.05, 0.1) is 21.1 Å². The molecule has 1 N–H and O–H groups in total. The molecule has 3 rings (SSSR count). The van der Waals surface area contributed by atoms with Crippen LogP contribution in [0.1, 0.15) is 6.42 Å². The lowest BCUT2D eigenvalue weighted by Crippen LogP contribution is -2.03. The lowest BCUT2D eigenvalue weighted by Gasteiger charge is -2.11. The maximum atomic E-state index is 9.10. The van der Waals surface area contributed by atoms with E-state index >= 15 is 0 Å². The summed E-state index contributed by atoms with van der Waals surface area (Å²) in [4.78, 5) is 2.56. The van der Waals surface area contributed by atoms with Crippen molar-refractivity contribution in [1.82, 2.24) is 4.57 Å². The predicted molar refractivity (Wildman–Crippen MR) is 82.8 cm³/mol. The Morgan fingerprint density at radius 2 is 1.47 bits per heavy atom. The van der Waals surface area contributed by atoms with Crippen molar-refractivity contribution in [1.29, 1.82) is 0 Å². The van der Waals surface area contributed by atoms with Crippen LogP contribution in [0.5, 0.6) is 0 Å². The Morgan fingerprint density at radius 3 is 1.89 bits per heavy atom. The molecule has 98 valence electrons. The highest BCUT2D eigenvalue weighted by Crippen LogP contribution is 2.33. The summed E-state index contributed by atoms with van der Waals surface area (Å²) < 4.78 is 2.31. The van der Waals surface area contributed by atoms with Gasteiger partial charge in [0, 0.05) is 13.2 Å². The molecule has 0 aliphatic rings. The Labute approximate surface area is 120 Å². The van der Waals surface area contributed by atoms with Crippen LogP contribution in [-0.2, 0) is 6.54 Å². The predicted octanol–water partition coefficient (Wildman–Crippen LogP) is 4.33. The molecular formula is C15H15NOS2. The summed E-state index contributed by atoms with van der Waals surface area (Å²) in [5.74, 6) is 0. The van der Waals surface area contributed by atoms with Crippen LogP contribution in [0, 0.1) is 0 Å². The normalized spacial score (nSPS) is 11.0. The zero-order valence-electron chi connectivity index (χ0n) is 10.5. The smallest absolute Gasteiger partial charge is 0.0586 e. The first kappa shape index (κ1) is 12.7. The second-order valence-corrected chi connectivity index (χ2v) is 6.18. The topological polar surface area (TPSA) is 25.2 Å². The van der Waals surface area contributed by atoms with Gasteiger partial charge in [0.25, 0.3) is 0 Å². The second kappa shape index (κ2) is 5.74. The van der Waals surface area contributed by atoms with Crippen molar-refractivity contribution in [3.05, 3.63) is 47.2 Å². The minimum Gasteiger partial charge on any atom is -0.396 e. The molecular weight excluding hydrogens is 274 g/mol. The third-order valence-electron chi connectivity index (χ3n) is 3.07. The van der Waals surface area contributed by atoms with Gasteiger partial charge in [0.2, 0.25) is 0 Å². The number of nitrogens with zero attached hydrogens (tertiary/aromatic N) is 1. The van der Waals surface area contributed by atoms with E-state index in [0.29, 0.717) is 0 Å². The third-order valence-corrected chi connectivity index (χ3v) is 4.85. The number of aromatic nitrogens is 1. The summed E-state index contributed by atoms with van der Waals surface area (Å²) in [6, 6.07) is 12.8. The van der Waals surface area contributed by atoms with E-state index in [9.17, 15) is 0 Å². The minimum atomic E-state index is 0.228. The molecule has 0 saturated heterocycles. The van der Waals surface area contributed by atoms with Gasteiger partial charge < -0.3 is 9.67 Å². The van der Waals surface area contributed by atoms with Gasteiger partial charge in [-0.15, -0.1) is 22.7 Å². The first-order valence-corrected chi connectivity index (χ1v) is 8.04.